The predicted octanol–water partition coefficient (Wildman–Crippen LogP) is 3.60. The SMILES string of the molecule is Cc1cc(S(=O)(=O)N(C)CC(O)(CBr)c2cccc(Cl)n2)ccc1Cl. The fourth-order valence-electron chi connectivity index (χ4n) is 2.27. The number of hydrogen-bond acceptors (Lipinski definition) is 4. The van der Waals surface area contributed by atoms with Gasteiger partial charge in [-0.25, -0.2) is 13.4 Å². The molecule has 0 saturated heterocycles. The minimum atomic E-state index is -3.81. The Bertz CT molecular complexity index is 879. The second-order valence-electron chi connectivity index (χ2n) is 5.68. The zero-order chi connectivity index (χ0) is 18.8. The molecule has 25 heavy (non-hydrogen) atoms. The molecule has 1 aromatic carbocycles. The summed E-state index contributed by atoms with van der Waals surface area (Å²) in [4.78, 5) is 4.20. The number of nitrogens with zero attached hydrogens (tertiary/aromatic N) is 2. The van der Waals surface area contributed by atoms with E-state index in [0.29, 0.717) is 10.6 Å². The molecular formula is C16H17BrCl2N2O3S. The summed E-state index contributed by atoms with van der Waals surface area (Å²) in [7, 11) is -2.41. The normalized spacial score (nSPS) is 14.5. The molecule has 0 spiro atoms. The standard InChI is InChI=1S/C16H17BrCl2N2O3S/c1-11-8-12(6-7-13(11)18)25(23,24)21(2)10-16(22,9-17)14-4-3-5-15(19)20-14/h3-8,22H,9-10H2,1-2H3. The van der Waals surface area contributed by atoms with Gasteiger partial charge in [-0.3, -0.25) is 0 Å². The molecule has 0 aliphatic carbocycles. The zero-order valence-corrected chi connectivity index (χ0v) is 17.5. The van der Waals surface area contributed by atoms with E-state index in [9.17, 15) is 13.5 Å². The molecule has 2 rings (SSSR count). The number of sulfonamides is 1. The number of benzene rings is 1. The van der Waals surface area contributed by atoms with Crippen molar-refractivity contribution in [1.29, 1.82) is 0 Å². The summed E-state index contributed by atoms with van der Waals surface area (Å²) >= 11 is 15.1. The Morgan fingerprint density at radius 3 is 2.52 bits per heavy atom. The van der Waals surface area contributed by atoms with Gasteiger partial charge in [0.15, 0.2) is 0 Å². The van der Waals surface area contributed by atoms with Crippen molar-refractivity contribution in [3.8, 4) is 0 Å². The van der Waals surface area contributed by atoms with Crippen LogP contribution in [0, 0.1) is 6.92 Å². The van der Waals surface area contributed by atoms with E-state index in [1.54, 1.807) is 25.1 Å². The lowest BCUT2D eigenvalue weighted by atomic mass is 10.0. The Hall–Kier alpha value is -0.700. The van der Waals surface area contributed by atoms with Gasteiger partial charge < -0.3 is 5.11 Å². The highest BCUT2D eigenvalue weighted by Crippen LogP contribution is 2.27. The Morgan fingerprint density at radius 1 is 1.28 bits per heavy atom. The van der Waals surface area contributed by atoms with Crippen molar-refractivity contribution in [3.63, 3.8) is 0 Å². The summed E-state index contributed by atoms with van der Waals surface area (Å²) in [6.07, 6.45) is 0. The molecule has 0 saturated carbocycles. The fraction of sp³-hybridized carbons (Fsp3) is 0.312. The lowest BCUT2D eigenvalue weighted by Crippen LogP contribution is -2.43. The molecule has 136 valence electrons. The van der Waals surface area contributed by atoms with Gasteiger partial charge in [0, 0.05) is 23.9 Å². The zero-order valence-electron chi connectivity index (χ0n) is 13.6. The van der Waals surface area contributed by atoms with E-state index in [1.807, 2.05) is 0 Å². The molecule has 0 bridgehead atoms. The van der Waals surface area contributed by atoms with Gasteiger partial charge in [-0.15, -0.1) is 0 Å². The molecule has 0 aliphatic heterocycles. The van der Waals surface area contributed by atoms with Gasteiger partial charge in [0.05, 0.1) is 10.6 Å². The predicted molar refractivity (Wildman–Crippen MR) is 103 cm³/mol. The maximum absolute atomic E-state index is 12.8. The average Bonchev–Trinajstić information content (AvgIpc) is 2.57. The summed E-state index contributed by atoms with van der Waals surface area (Å²) in [5.74, 6) is 0. The Kier molecular flexibility index (Phi) is 6.51. The van der Waals surface area contributed by atoms with Crippen molar-refractivity contribution < 1.29 is 13.5 Å². The molecule has 1 unspecified atom stereocenters. The number of aliphatic hydroxyl groups is 1. The van der Waals surface area contributed by atoms with E-state index in [1.165, 1.54) is 25.2 Å². The lowest BCUT2D eigenvalue weighted by molar-refractivity contribution is 0.0436. The van der Waals surface area contributed by atoms with E-state index in [4.69, 9.17) is 23.2 Å². The summed E-state index contributed by atoms with van der Waals surface area (Å²) in [6.45, 7) is 1.53. The van der Waals surface area contributed by atoms with Crippen LogP contribution in [-0.4, -0.2) is 41.7 Å². The molecule has 0 aliphatic rings. The minimum Gasteiger partial charge on any atom is -0.381 e. The second-order valence-corrected chi connectivity index (χ2v) is 9.08. The van der Waals surface area contributed by atoms with Gasteiger partial charge in [0.2, 0.25) is 10.0 Å². The number of aromatic nitrogens is 1. The summed E-state index contributed by atoms with van der Waals surface area (Å²) in [6, 6.07) is 9.30. The van der Waals surface area contributed by atoms with Crippen molar-refractivity contribution in [2.75, 3.05) is 18.9 Å². The third kappa shape index (κ3) is 4.53. The minimum absolute atomic E-state index is 0.0901. The summed E-state index contributed by atoms with van der Waals surface area (Å²) in [5, 5.41) is 11.7. The molecule has 0 amide bonds. The number of likely N-dealkylation sites (N-methyl/N-ethyl adjacent to an activating group) is 1. The maximum Gasteiger partial charge on any atom is 0.242 e. The van der Waals surface area contributed by atoms with Crippen molar-refractivity contribution >= 4 is 49.2 Å². The molecule has 1 aromatic heterocycles. The van der Waals surface area contributed by atoms with E-state index in [0.717, 1.165) is 4.31 Å². The first-order valence-corrected chi connectivity index (χ1v) is 10.6. The van der Waals surface area contributed by atoms with Crippen LogP contribution >= 0.6 is 39.1 Å². The third-order valence-electron chi connectivity index (χ3n) is 3.73. The monoisotopic (exact) mass is 466 g/mol. The van der Waals surface area contributed by atoms with E-state index in [2.05, 4.69) is 20.9 Å². The first kappa shape index (κ1) is 20.6. The first-order chi connectivity index (χ1) is 11.6. The van der Waals surface area contributed by atoms with Crippen molar-refractivity contribution in [3.05, 3.63) is 57.8 Å². The number of rotatable bonds is 6. The van der Waals surface area contributed by atoms with Crippen molar-refractivity contribution in [1.82, 2.24) is 9.29 Å². The van der Waals surface area contributed by atoms with Gasteiger partial charge >= 0.3 is 0 Å². The van der Waals surface area contributed by atoms with Gasteiger partial charge in [0.1, 0.15) is 10.8 Å². The second kappa shape index (κ2) is 7.90. The third-order valence-corrected chi connectivity index (χ3v) is 7.10. The highest BCUT2D eigenvalue weighted by Gasteiger charge is 2.35. The molecule has 5 nitrogen and oxygen atoms in total. The number of pyridine rings is 1. The van der Waals surface area contributed by atoms with Crippen LogP contribution in [0.5, 0.6) is 0 Å². The van der Waals surface area contributed by atoms with Crippen LogP contribution in [0.3, 0.4) is 0 Å². The Balaban J connectivity index is 2.35. The van der Waals surface area contributed by atoms with Crippen LogP contribution in [0.15, 0.2) is 41.3 Å². The van der Waals surface area contributed by atoms with E-state index >= 15 is 0 Å². The van der Waals surface area contributed by atoms with Crippen LogP contribution in [0.25, 0.3) is 0 Å². The van der Waals surface area contributed by atoms with Crippen LogP contribution in [0.1, 0.15) is 11.3 Å². The van der Waals surface area contributed by atoms with E-state index < -0.39 is 15.6 Å². The van der Waals surface area contributed by atoms with Gasteiger partial charge in [-0.2, -0.15) is 4.31 Å². The fourth-order valence-corrected chi connectivity index (χ4v) is 4.33. The number of hydrogen-bond donors (Lipinski definition) is 1. The topological polar surface area (TPSA) is 70.5 Å². The lowest BCUT2D eigenvalue weighted by Gasteiger charge is -2.30. The molecule has 9 heteroatoms. The van der Waals surface area contributed by atoms with E-state index in [-0.39, 0.29) is 27.6 Å². The van der Waals surface area contributed by atoms with Crippen LogP contribution in [0.4, 0.5) is 0 Å². The highest BCUT2D eigenvalue weighted by atomic mass is 79.9. The molecule has 2 aromatic rings. The van der Waals surface area contributed by atoms with Crippen LogP contribution < -0.4 is 0 Å². The molecular weight excluding hydrogens is 451 g/mol. The maximum atomic E-state index is 12.8. The molecule has 1 atom stereocenters. The Morgan fingerprint density at radius 2 is 1.96 bits per heavy atom. The summed E-state index contributed by atoms with van der Waals surface area (Å²) < 4.78 is 26.7. The van der Waals surface area contributed by atoms with Crippen LogP contribution in [0.2, 0.25) is 10.2 Å². The van der Waals surface area contributed by atoms with Crippen molar-refractivity contribution in [2.24, 2.45) is 0 Å². The smallest absolute Gasteiger partial charge is 0.242 e. The number of alkyl halides is 1. The summed E-state index contributed by atoms with van der Waals surface area (Å²) in [5.41, 5.74) is -0.594. The molecule has 1 N–H and O–H groups in total. The molecule has 1 heterocycles. The first-order valence-electron chi connectivity index (χ1n) is 7.24. The number of halogens is 3. The van der Waals surface area contributed by atoms with Gasteiger partial charge in [-0.05, 0) is 42.8 Å². The highest BCUT2D eigenvalue weighted by molar-refractivity contribution is 9.09. The molecule has 0 fully saturated rings. The number of aryl methyl sites for hydroxylation is 1. The quantitative estimate of drug-likeness (QED) is 0.520. The largest absolute Gasteiger partial charge is 0.381 e. The Labute approximate surface area is 165 Å². The molecule has 0 radical (unpaired) electrons. The van der Waals surface area contributed by atoms with Gasteiger partial charge in [-0.1, -0.05) is 45.2 Å². The van der Waals surface area contributed by atoms with Gasteiger partial charge in [0.25, 0.3) is 0 Å². The van der Waals surface area contributed by atoms with Crippen molar-refractivity contribution in [2.45, 2.75) is 17.4 Å². The van der Waals surface area contributed by atoms with Crippen LogP contribution in [-0.2, 0) is 15.6 Å². The average molecular weight is 468 g/mol.